The molecular weight excluding hydrogens is 459 g/mol. The second-order valence-corrected chi connectivity index (χ2v) is 9.52. The number of aromatic nitrogens is 7. The zero-order chi connectivity index (χ0) is 24.0. The largest absolute Gasteiger partial charge is 0.408 e. The van der Waals surface area contributed by atoms with E-state index in [1.54, 1.807) is 11.0 Å². The summed E-state index contributed by atoms with van der Waals surface area (Å²) >= 11 is 0. The standard InChI is InChI=1S/C23H24F3N9/c24-23(25,26)13-34-10-19-20(31-34)28-15-29-21(19)33-8-6-22(12-33)5-7-32(11-22)9-17-1-3-18(4-2-17)35-16-27-14-30-35/h1-4,10,14-16H,5-9,11-13H2. The number of anilines is 1. The predicted octanol–water partition coefficient (Wildman–Crippen LogP) is 3.07. The molecule has 35 heavy (non-hydrogen) atoms. The maximum Gasteiger partial charge on any atom is 0.408 e. The van der Waals surface area contributed by atoms with Gasteiger partial charge in [0.1, 0.15) is 31.3 Å². The van der Waals surface area contributed by atoms with Gasteiger partial charge in [0.2, 0.25) is 0 Å². The highest BCUT2D eigenvalue weighted by atomic mass is 19.4. The van der Waals surface area contributed by atoms with Crippen molar-refractivity contribution in [3.63, 3.8) is 0 Å². The number of halogens is 3. The molecule has 2 aliphatic rings. The molecule has 0 aliphatic carbocycles. The smallest absolute Gasteiger partial charge is 0.355 e. The van der Waals surface area contributed by atoms with E-state index in [-0.39, 0.29) is 5.41 Å². The van der Waals surface area contributed by atoms with Crippen LogP contribution in [-0.4, -0.2) is 71.8 Å². The molecule has 12 heteroatoms. The quantitative estimate of drug-likeness (QED) is 0.432. The molecule has 2 aliphatic heterocycles. The topological polar surface area (TPSA) is 80.8 Å². The normalized spacial score (nSPS) is 21.1. The van der Waals surface area contributed by atoms with Crippen molar-refractivity contribution in [1.82, 2.24) is 39.4 Å². The SMILES string of the molecule is FC(F)(F)Cn1cc2c(N3CCC4(CCN(Cc5ccc(-n6cncn6)cc5)C4)C3)ncnc2n1. The summed E-state index contributed by atoms with van der Waals surface area (Å²) < 4.78 is 41.1. The minimum absolute atomic E-state index is 0.153. The zero-order valence-corrected chi connectivity index (χ0v) is 18.9. The lowest BCUT2D eigenvalue weighted by molar-refractivity contribution is -0.142. The molecule has 0 amide bonds. The van der Waals surface area contributed by atoms with E-state index in [0.717, 1.165) is 55.9 Å². The number of hydrogen-bond donors (Lipinski definition) is 0. The third-order valence-electron chi connectivity index (χ3n) is 6.97. The Kier molecular flexibility index (Phi) is 5.20. The molecule has 0 saturated carbocycles. The first-order valence-electron chi connectivity index (χ1n) is 11.5. The summed E-state index contributed by atoms with van der Waals surface area (Å²) in [4.78, 5) is 17.1. The van der Waals surface area contributed by atoms with E-state index in [1.165, 1.54) is 24.4 Å². The Morgan fingerprint density at radius 1 is 0.971 bits per heavy atom. The first-order chi connectivity index (χ1) is 16.9. The molecule has 4 aromatic rings. The number of rotatable bonds is 5. The number of alkyl halides is 3. The summed E-state index contributed by atoms with van der Waals surface area (Å²) in [6, 6.07) is 8.34. The second-order valence-electron chi connectivity index (χ2n) is 9.52. The van der Waals surface area contributed by atoms with Crippen molar-refractivity contribution in [1.29, 1.82) is 0 Å². The van der Waals surface area contributed by atoms with Crippen LogP contribution in [0.5, 0.6) is 0 Å². The molecule has 2 saturated heterocycles. The van der Waals surface area contributed by atoms with Crippen molar-refractivity contribution in [2.24, 2.45) is 5.41 Å². The Morgan fingerprint density at radius 2 is 1.80 bits per heavy atom. The molecule has 0 N–H and O–H groups in total. The van der Waals surface area contributed by atoms with Gasteiger partial charge in [-0.25, -0.2) is 19.6 Å². The van der Waals surface area contributed by atoms with Crippen LogP contribution in [0.2, 0.25) is 0 Å². The van der Waals surface area contributed by atoms with Gasteiger partial charge < -0.3 is 4.90 Å². The number of likely N-dealkylation sites (tertiary alicyclic amines) is 1. The Labute approximate surface area is 199 Å². The molecule has 9 nitrogen and oxygen atoms in total. The molecular formula is C23H24F3N9. The molecule has 0 radical (unpaired) electrons. The number of nitrogens with zero attached hydrogens (tertiary/aromatic N) is 9. The first-order valence-corrected chi connectivity index (χ1v) is 11.5. The summed E-state index contributed by atoms with van der Waals surface area (Å²) in [6.45, 7) is 3.38. The molecule has 182 valence electrons. The molecule has 6 rings (SSSR count). The molecule has 2 fully saturated rings. The number of hydrogen-bond acceptors (Lipinski definition) is 7. The van der Waals surface area contributed by atoms with Crippen LogP contribution in [0.25, 0.3) is 16.7 Å². The minimum Gasteiger partial charge on any atom is -0.355 e. The highest BCUT2D eigenvalue weighted by molar-refractivity contribution is 5.86. The molecule has 5 heterocycles. The van der Waals surface area contributed by atoms with Gasteiger partial charge in [-0.2, -0.15) is 23.4 Å². The predicted molar refractivity (Wildman–Crippen MR) is 122 cm³/mol. The van der Waals surface area contributed by atoms with Crippen LogP contribution in [0.3, 0.4) is 0 Å². The van der Waals surface area contributed by atoms with Crippen molar-refractivity contribution in [2.45, 2.75) is 32.1 Å². The maximum atomic E-state index is 12.8. The Bertz CT molecular complexity index is 1320. The van der Waals surface area contributed by atoms with Gasteiger partial charge in [-0.3, -0.25) is 9.58 Å². The second kappa shape index (κ2) is 8.29. The number of fused-ring (bicyclic) bond motifs is 1. The third kappa shape index (κ3) is 4.45. The summed E-state index contributed by atoms with van der Waals surface area (Å²) in [5.74, 6) is 0.669. The van der Waals surface area contributed by atoms with Crippen molar-refractivity contribution in [3.8, 4) is 5.69 Å². The fraction of sp³-hybridized carbons (Fsp3) is 0.435. The van der Waals surface area contributed by atoms with Crippen molar-refractivity contribution < 1.29 is 13.2 Å². The molecule has 1 atom stereocenters. The van der Waals surface area contributed by atoms with Crippen molar-refractivity contribution in [3.05, 3.63) is 55.0 Å². The zero-order valence-electron chi connectivity index (χ0n) is 18.9. The van der Waals surface area contributed by atoms with Crippen LogP contribution in [0.15, 0.2) is 49.4 Å². The lowest BCUT2D eigenvalue weighted by atomic mass is 9.86. The highest BCUT2D eigenvalue weighted by Gasteiger charge is 2.44. The van der Waals surface area contributed by atoms with E-state index in [2.05, 4.69) is 47.1 Å². The van der Waals surface area contributed by atoms with Crippen LogP contribution in [-0.2, 0) is 13.1 Å². The monoisotopic (exact) mass is 483 g/mol. The van der Waals surface area contributed by atoms with Crippen LogP contribution in [0.4, 0.5) is 19.0 Å². The maximum absolute atomic E-state index is 12.8. The van der Waals surface area contributed by atoms with Crippen molar-refractivity contribution in [2.75, 3.05) is 31.1 Å². The molecule has 1 aromatic carbocycles. The fourth-order valence-electron chi connectivity index (χ4n) is 5.35. The van der Waals surface area contributed by atoms with Gasteiger partial charge >= 0.3 is 6.18 Å². The van der Waals surface area contributed by atoms with Crippen LogP contribution >= 0.6 is 0 Å². The van der Waals surface area contributed by atoms with Crippen LogP contribution < -0.4 is 4.90 Å². The fourth-order valence-corrected chi connectivity index (χ4v) is 5.35. The lowest BCUT2D eigenvalue weighted by Crippen LogP contribution is -2.31. The Balaban J connectivity index is 1.13. The Hall–Kier alpha value is -3.54. The summed E-state index contributed by atoms with van der Waals surface area (Å²) in [5.41, 5.74) is 2.67. The van der Waals surface area contributed by atoms with Gasteiger partial charge in [-0.05, 0) is 37.1 Å². The van der Waals surface area contributed by atoms with Gasteiger partial charge in [0.25, 0.3) is 0 Å². The summed E-state index contributed by atoms with van der Waals surface area (Å²) in [7, 11) is 0. The lowest BCUT2D eigenvalue weighted by Gasteiger charge is -2.25. The summed E-state index contributed by atoms with van der Waals surface area (Å²) in [5, 5.41) is 8.73. The van der Waals surface area contributed by atoms with E-state index in [0.29, 0.717) is 16.9 Å². The minimum atomic E-state index is -4.34. The van der Waals surface area contributed by atoms with Crippen molar-refractivity contribution >= 4 is 16.9 Å². The van der Waals surface area contributed by atoms with Gasteiger partial charge in [0.15, 0.2) is 5.65 Å². The third-order valence-corrected chi connectivity index (χ3v) is 6.97. The van der Waals surface area contributed by atoms with E-state index >= 15 is 0 Å². The van der Waals surface area contributed by atoms with Gasteiger partial charge in [-0.1, -0.05) is 12.1 Å². The Morgan fingerprint density at radius 3 is 2.57 bits per heavy atom. The molecule has 0 bridgehead atoms. The van der Waals surface area contributed by atoms with E-state index < -0.39 is 12.7 Å². The van der Waals surface area contributed by atoms with E-state index in [9.17, 15) is 13.2 Å². The van der Waals surface area contributed by atoms with Gasteiger partial charge in [0, 0.05) is 37.8 Å². The average molecular weight is 484 g/mol. The molecule has 1 spiro atoms. The molecule has 1 unspecified atom stereocenters. The average Bonchev–Trinajstić information content (AvgIpc) is 3.61. The van der Waals surface area contributed by atoms with Gasteiger partial charge in [-0.15, -0.1) is 0 Å². The highest BCUT2D eigenvalue weighted by Crippen LogP contribution is 2.42. The van der Waals surface area contributed by atoms with Crippen LogP contribution in [0.1, 0.15) is 18.4 Å². The van der Waals surface area contributed by atoms with Gasteiger partial charge in [0.05, 0.1) is 11.1 Å². The number of benzene rings is 1. The van der Waals surface area contributed by atoms with Crippen LogP contribution in [0, 0.1) is 5.41 Å². The van der Waals surface area contributed by atoms with E-state index in [4.69, 9.17) is 0 Å². The summed E-state index contributed by atoms with van der Waals surface area (Å²) in [6.07, 6.45) is 3.77. The molecule has 3 aromatic heterocycles. The first kappa shape index (κ1) is 22.0. The van der Waals surface area contributed by atoms with E-state index in [1.807, 2.05) is 12.1 Å².